The minimum atomic E-state index is -1.47. The summed E-state index contributed by atoms with van der Waals surface area (Å²) in [5.41, 5.74) is 1.95. The molecule has 0 saturated carbocycles. The molecule has 8 heteroatoms. The summed E-state index contributed by atoms with van der Waals surface area (Å²) >= 11 is 0. The molecule has 1 aliphatic rings. The van der Waals surface area contributed by atoms with Crippen molar-refractivity contribution in [2.75, 3.05) is 27.2 Å². The summed E-state index contributed by atoms with van der Waals surface area (Å²) in [5, 5.41) is 40.2. The largest absolute Gasteiger partial charge is 0.461 e. The number of nitrogens with one attached hydrogen (secondary N) is 1. The quantitative estimate of drug-likeness (QED) is 0.465. The van der Waals surface area contributed by atoms with Crippen LogP contribution in [0.3, 0.4) is 0 Å². The summed E-state index contributed by atoms with van der Waals surface area (Å²) in [7, 11) is 4.00. The number of likely N-dealkylation sites (N-methyl/N-ethyl adjacent to an activating group) is 1. The van der Waals surface area contributed by atoms with Gasteiger partial charge in [-0.15, -0.1) is 0 Å². The van der Waals surface area contributed by atoms with Crippen LogP contribution in [0.4, 0.5) is 0 Å². The predicted molar refractivity (Wildman–Crippen MR) is 95.0 cm³/mol. The van der Waals surface area contributed by atoms with Crippen molar-refractivity contribution in [2.45, 2.75) is 37.1 Å². The number of aliphatic hydroxyl groups is 4. The molecule has 0 radical (unpaired) electrons. The maximum atomic E-state index is 10.2. The number of aliphatic hydroxyl groups excluding tert-OH is 4. The molecule has 5 N–H and O–H groups in total. The molecule has 144 valence electrons. The molecular formula is C18H26N2O6. The molecule has 1 aliphatic heterocycles. The third kappa shape index (κ3) is 3.71. The Morgan fingerprint density at radius 2 is 1.92 bits per heavy atom. The number of benzene rings is 1. The van der Waals surface area contributed by atoms with Crippen LogP contribution in [0.15, 0.2) is 24.4 Å². The second kappa shape index (κ2) is 7.91. The third-order valence-corrected chi connectivity index (χ3v) is 4.67. The Morgan fingerprint density at radius 1 is 1.15 bits per heavy atom. The molecule has 0 aliphatic carbocycles. The van der Waals surface area contributed by atoms with E-state index in [0.717, 1.165) is 29.4 Å². The van der Waals surface area contributed by atoms with Crippen LogP contribution in [-0.4, -0.2) is 88.3 Å². The Balaban J connectivity index is 1.87. The van der Waals surface area contributed by atoms with E-state index >= 15 is 0 Å². The Morgan fingerprint density at radius 3 is 2.62 bits per heavy atom. The van der Waals surface area contributed by atoms with Crippen molar-refractivity contribution in [1.29, 1.82) is 0 Å². The van der Waals surface area contributed by atoms with Gasteiger partial charge < -0.3 is 39.8 Å². The number of nitrogens with zero attached hydrogens (tertiary/aromatic N) is 1. The minimum absolute atomic E-state index is 0.493. The number of rotatable bonds is 6. The van der Waals surface area contributed by atoms with Crippen LogP contribution < -0.4 is 4.74 Å². The third-order valence-electron chi connectivity index (χ3n) is 4.67. The summed E-state index contributed by atoms with van der Waals surface area (Å²) in [6.45, 7) is 0.370. The van der Waals surface area contributed by atoms with Gasteiger partial charge >= 0.3 is 0 Å². The molecule has 8 nitrogen and oxygen atoms in total. The Bertz CT molecular complexity index is 732. The maximum absolute atomic E-state index is 10.2. The van der Waals surface area contributed by atoms with Crippen LogP contribution in [0, 0.1) is 0 Å². The fourth-order valence-electron chi connectivity index (χ4n) is 3.15. The van der Waals surface area contributed by atoms with Gasteiger partial charge in [-0.3, -0.25) is 0 Å². The van der Waals surface area contributed by atoms with Crippen LogP contribution >= 0.6 is 0 Å². The van der Waals surface area contributed by atoms with Gasteiger partial charge in [0.25, 0.3) is 0 Å². The van der Waals surface area contributed by atoms with Gasteiger partial charge in [-0.25, -0.2) is 0 Å². The first kappa shape index (κ1) is 19.1. The second-order valence-corrected chi connectivity index (χ2v) is 6.86. The molecular weight excluding hydrogens is 340 g/mol. The van der Waals surface area contributed by atoms with Crippen molar-refractivity contribution >= 4 is 10.9 Å². The van der Waals surface area contributed by atoms with Crippen molar-refractivity contribution in [3.05, 3.63) is 30.0 Å². The number of fused-ring (bicyclic) bond motifs is 1. The first-order valence-electron chi connectivity index (χ1n) is 8.63. The summed E-state index contributed by atoms with van der Waals surface area (Å²) in [4.78, 5) is 5.29. The van der Waals surface area contributed by atoms with Crippen molar-refractivity contribution in [1.82, 2.24) is 9.88 Å². The first-order chi connectivity index (χ1) is 12.4. The highest BCUT2D eigenvalue weighted by Gasteiger charge is 2.44. The average molecular weight is 366 g/mol. The van der Waals surface area contributed by atoms with Gasteiger partial charge in [0.05, 0.1) is 6.61 Å². The Hall–Kier alpha value is -1.68. The molecule has 0 amide bonds. The van der Waals surface area contributed by atoms with Crippen molar-refractivity contribution < 1.29 is 29.9 Å². The maximum Gasteiger partial charge on any atom is 0.229 e. The highest BCUT2D eigenvalue weighted by Crippen LogP contribution is 2.32. The topological polar surface area (TPSA) is 118 Å². The standard InChI is InChI=1S/C18H26N2O6/c1-20(2)7-6-10-8-19-11-4-3-5-12(14(10)11)25-18-17(24)16(23)15(22)13(9-21)26-18/h3-5,8,13,15-19,21-24H,6-7,9H2,1-2H3/t13-,15-,16+,17?,18?/m1/s1. The van der Waals surface area contributed by atoms with Crippen LogP contribution in [-0.2, 0) is 11.2 Å². The number of ether oxygens (including phenoxy) is 2. The molecule has 3 rings (SSSR count). The zero-order valence-electron chi connectivity index (χ0n) is 14.9. The van der Waals surface area contributed by atoms with E-state index < -0.39 is 37.3 Å². The highest BCUT2D eigenvalue weighted by molar-refractivity contribution is 5.89. The first-order valence-corrected chi connectivity index (χ1v) is 8.63. The van der Waals surface area contributed by atoms with E-state index in [0.29, 0.717) is 5.75 Å². The van der Waals surface area contributed by atoms with Gasteiger partial charge in [-0.2, -0.15) is 0 Å². The summed E-state index contributed by atoms with van der Waals surface area (Å²) in [6, 6.07) is 5.50. The lowest BCUT2D eigenvalue weighted by Crippen LogP contribution is -2.60. The number of hydrogen-bond acceptors (Lipinski definition) is 7. The van der Waals surface area contributed by atoms with Crippen molar-refractivity contribution in [3.8, 4) is 5.75 Å². The zero-order valence-corrected chi connectivity index (χ0v) is 14.9. The van der Waals surface area contributed by atoms with Crippen molar-refractivity contribution in [2.24, 2.45) is 0 Å². The molecule has 1 aromatic carbocycles. The van der Waals surface area contributed by atoms with Crippen molar-refractivity contribution in [3.63, 3.8) is 0 Å². The molecule has 2 aromatic rings. The van der Waals surface area contributed by atoms with Crippen LogP contribution in [0.1, 0.15) is 5.56 Å². The van der Waals surface area contributed by atoms with E-state index in [1.807, 2.05) is 32.4 Å². The van der Waals surface area contributed by atoms with Gasteiger partial charge in [0.2, 0.25) is 6.29 Å². The molecule has 1 fully saturated rings. The fraction of sp³-hybridized carbons (Fsp3) is 0.556. The molecule has 0 spiro atoms. The number of H-pyrrole nitrogens is 1. The lowest BCUT2D eigenvalue weighted by molar-refractivity contribution is -0.277. The van der Waals surface area contributed by atoms with E-state index in [1.54, 1.807) is 6.07 Å². The van der Waals surface area contributed by atoms with E-state index in [9.17, 15) is 20.4 Å². The lowest BCUT2D eigenvalue weighted by Gasteiger charge is -2.39. The van der Waals surface area contributed by atoms with E-state index in [1.165, 1.54) is 0 Å². The van der Waals surface area contributed by atoms with Gasteiger partial charge in [0.15, 0.2) is 0 Å². The van der Waals surface area contributed by atoms with Crippen LogP contribution in [0.5, 0.6) is 5.75 Å². The SMILES string of the molecule is CN(C)CCc1c[nH]c2cccc(OC3O[C@H](CO)[C@@H](O)[C@H](O)C3O)c12. The second-order valence-electron chi connectivity index (χ2n) is 6.86. The Kier molecular flexibility index (Phi) is 5.81. The minimum Gasteiger partial charge on any atom is -0.461 e. The molecule has 5 atom stereocenters. The Labute approximate surface area is 151 Å². The molecule has 1 saturated heterocycles. The fourth-order valence-corrected chi connectivity index (χ4v) is 3.15. The van der Waals surface area contributed by atoms with Crippen LogP contribution in [0.2, 0.25) is 0 Å². The van der Waals surface area contributed by atoms with Crippen LogP contribution in [0.25, 0.3) is 10.9 Å². The van der Waals surface area contributed by atoms with Gasteiger partial charge in [0.1, 0.15) is 30.2 Å². The van der Waals surface area contributed by atoms with E-state index in [2.05, 4.69) is 9.88 Å². The number of aromatic amines is 1. The normalized spacial score (nSPS) is 29.4. The summed E-state index contributed by atoms with van der Waals surface area (Å²) < 4.78 is 11.3. The molecule has 26 heavy (non-hydrogen) atoms. The molecule has 2 heterocycles. The summed E-state index contributed by atoms with van der Waals surface area (Å²) in [5.74, 6) is 0.502. The number of hydrogen-bond donors (Lipinski definition) is 5. The smallest absolute Gasteiger partial charge is 0.229 e. The van der Waals surface area contributed by atoms with E-state index in [-0.39, 0.29) is 0 Å². The average Bonchev–Trinajstić information content (AvgIpc) is 3.04. The molecule has 2 unspecified atom stereocenters. The zero-order chi connectivity index (χ0) is 18.8. The molecule has 1 aromatic heterocycles. The molecule has 0 bridgehead atoms. The number of aromatic nitrogens is 1. The summed E-state index contributed by atoms with van der Waals surface area (Å²) in [6.07, 6.45) is -3.79. The van der Waals surface area contributed by atoms with E-state index in [4.69, 9.17) is 9.47 Å². The lowest BCUT2D eigenvalue weighted by atomic mass is 9.99. The highest BCUT2D eigenvalue weighted by atomic mass is 16.7. The van der Waals surface area contributed by atoms with Gasteiger partial charge in [0, 0.05) is 23.6 Å². The monoisotopic (exact) mass is 366 g/mol. The van der Waals surface area contributed by atoms with Gasteiger partial charge in [-0.1, -0.05) is 6.07 Å². The van der Waals surface area contributed by atoms with Gasteiger partial charge in [-0.05, 0) is 38.2 Å². The predicted octanol–water partition coefficient (Wildman–Crippen LogP) is -0.549.